The number of benzene rings is 3. The topological polar surface area (TPSA) is 52.0 Å². The third kappa shape index (κ3) is 1.42. The van der Waals surface area contributed by atoms with E-state index in [9.17, 15) is 0 Å². The minimum absolute atomic E-state index is 0.656. The molecular weight excluding hydrogens is 252 g/mol. The van der Waals surface area contributed by atoms with Crippen molar-refractivity contribution in [1.29, 1.82) is 0 Å². The van der Waals surface area contributed by atoms with Crippen molar-refractivity contribution < 1.29 is 0 Å². The third-order valence-electron chi connectivity index (χ3n) is 3.58. The van der Waals surface area contributed by atoms with Crippen molar-refractivity contribution in [3.8, 4) is 0 Å². The number of hydrogen-bond acceptors (Lipinski definition) is 3. The Balaban J connectivity index is 2.25. The molecule has 2 nitrogen and oxygen atoms in total. The molecule has 1 heterocycles. The highest BCUT2D eigenvalue weighted by Gasteiger charge is 2.10. The SMILES string of the molecule is Nc1ccc2c(sc3cc4ccccc4cc32)c1N. The van der Waals surface area contributed by atoms with Crippen LogP contribution in [0.2, 0.25) is 0 Å². The summed E-state index contributed by atoms with van der Waals surface area (Å²) in [6.07, 6.45) is 0. The Morgan fingerprint density at radius 3 is 2.32 bits per heavy atom. The molecule has 1 aromatic heterocycles. The molecule has 0 atom stereocenters. The van der Waals surface area contributed by atoms with Crippen molar-refractivity contribution >= 4 is 53.7 Å². The Morgan fingerprint density at radius 2 is 1.53 bits per heavy atom. The average molecular weight is 264 g/mol. The van der Waals surface area contributed by atoms with Gasteiger partial charge in [-0.15, -0.1) is 11.3 Å². The van der Waals surface area contributed by atoms with Gasteiger partial charge in [-0.3, -0.25) is 0 Å². The summed E-state index contributed by atoms with van der Waals surface area (Å²) in [6.45, 7) is 0. The smallest absolute Gasteiger partial charge is 0.0729 e. The van der Waals surface area contributed by atoms with Gasteiger partial charge in [0.15, 0.2) is 0 Å². The molecule has 0 unspecified atom stereocenters. The van der Waals surface area contributed by atoms with E-state index in [-0.39, 0.29) is 0 Å². The molecule has 0 aliphatic heterocycles. The van der Waals surface area contributed by atoms with E-state index >= 15 is 0 Å². The molecule has 0 aliphatic rings. The first kappa shape index (κ1) is 10.6. The fourth-order valence-corrected chi connectivity index (χ4v) is 3.76. The highest BCUT2D eigenvalue weighted by Crippen LogP contribution is 2.40. The molecule has 3 aromatic carbocycles. The number of rotatable bonds is 0. The summed E-state index contributed by atoms with van der Waals surface area (Å²) in [5.41, 5.74) is 13.3. The van der Waals surface area contributed by atoms with Gasteiger partial charge in [-0.1, -0.05) is 30.3 Å². The van der Waals surface area contributed by atoms with Crippen molar-refractivity contribution in [2.75, 3.05) is 11.5 Å². The van der Waals surface area contributed by atoms with E-state index in [4.69, 9.17) is 11.5 Å². The molecular formula is C16H12N2S. The van der Waals surface area contributed by atoms with Crippen LogP contribution in [-0.4, -0.2) is 0 Å². The van der Waals surface area contributed by atoms with Gasteiger partial charge < -0.3 is 11.5 Å². The second-order valence-electron chi connectivity index (χ2n) is 4.74. The fraction of sp³-hybridized carbons (Fsp3) is 0. The summed E-state index contributed by atoms with van der Waals surface area (Å²) in [6, 6.07) is 16.8. The molecule has 0 spiro atoms. The van der Waals surface area contributed by atoms with E-state index in [1.165, 1.54) is 26.2 Å². The molecule has 4 N–H and O–H groups in total. The van der Waals surface area contributed by atoms with Gasteiger partial charge in [0.05, 0.1) is 16.1 Å². The molecule has 0 amide bonds. The van der Waals surface area contributed by atoms with Crippen LogP contribution in [0.1, 0.15) is 0 Å². The molecule has 19 heavy (non-hydrogen) atoms. The second kappa shape index (κ2) is 3.62. The van der Waals surface area contributed by atoms with E-state index in [0.717, 1.165) is 4.70 Å². The molecule has 4 rings (SSSR count). The number of nitrogen functional groups attached to an aromatic ring is 2. The van der Waals surface area contributed by atoms with E-state index in [2.05, 4.69) is 42.5 Å². The van der Waals surface area contributed by atoms with Crippen LogP contribution in [0.15, 0.2) is 48.5 Å². The molecule has 0 saturated heterocycles. The monoisotopic (exact) mass is 264 g/mol. The first-order valence-corrected chi connectivity index (χ1v) is 6.94. The van der Waals surface area contributed by atoms with Crippen LogP contribution in [0, 0.1) is 0 Å². The average Bonchev–Trinajstić information content (AvgIpc) is 2.79. The molecule has 0 fully saturated rings. The van der Waals surface area contributed by atoms with Gasteiger partial charge in [0.1, 0.15) is 0 Å². The van der Waals surface area contributed by atoms with Crippen LogP contribution in [0.25, 0.3) is 30.9 Å². The first-order chi connectivity index (χ1) is 9.24. The van der Waals surface area contributed by atoms with Crippen LogP contribution in [-0.2, 0) is 0 Å². The second-order valence-corrected chi connectivity index (χ2v) is 5.79. The number of thiophene rings is 1. The highest BCUT2D eigenvalue weighted by atomic mass is 32.1. The largest absolute Gasteiger partial charge is 0.397 e. The van der Waals surface area contributed by atoms with Crippen molar-refractivity contribution in [2.45, 2.75) is 0 Å². The number of hydrogen-bond donors (Lipinski definition) is 2. The van der Waals surface area contributed by atoms with Gasteiger partial charge in [-0.25, -0.2) is 0 Å². The van der Waals surface area contributed by atoms with Crippen LogP contribution in [0.4, 0.5) is 11.4 Å². The lowest BCUT2D eigenvalue weighted by atomic mass is 10.1. The molecule has 0 radical (unpaired) electrons. The highest BCUT2D eigenvalue weighted by molar-refractivity contribution is 7.26. The minimum Gasteiger partial charge on any atom is -0.397 e. The molecule has 3 heteroatoms. The van der Waals surface area contributed by atoms with Gasteiger partial charge in [-0.05, 0) is 29.0 Å². The lowest BCUT2D eigenvalue weighted by Gasteiger charge is -2.00. The summed E-state index contributed by atoms with van der Waals surface area (Å²) in [4.78, 5) is 0. The van der Waals surface area contributed by atoms with Crippen LogP contribution < -0.4 is 11.5 Å². The number of fused-ring (bicyclic) bond motifs is 4. The van der Waals surface area contributed by atoms with Crippen LogP contribution in [0.3, 0.4) is 0 Å². The van der Waals surface area contributed by atoms with E-state index in [1.807, 2.05) is 6.07 Å². The maximum absolute atomic E-state index is 6.09. The molecule has 4 aromatic rings. The van der Waals surface area contributed by atoms with Gasteiger partial charge in [0, 0.05) is 15.5 Å². The van der Waals surface area contributed by atoms with Gasteiger partial charge in [-0.2, -0.15) is 0 Å². The summed E-state index contributed by atoms with van der Waals surface area (Å²) < 4.78 is 2.34. The maximum Gasteiger partial charge on any atom is 0.0729 e. The lowest BCUT2D eigenvalue weighted by molar-refractivity contribution is 1.76. The Labute approximate surface area is 114 Å². The minimum atomic E-state index is 0.656. The van der Waals surface area contributed by atoms with Crippen LogP contribution >= 0.6 is 11.3 Å². The zero-order valence-corrected chi connectivity index (χ0v) is 11.0. The predicted molar refractivity (Wildman–Crippen MR) is 85.7 cm³/mol. The van der Waals surface area contributed by atoms with Crippen LogP contribution in [0.5, 0.6) is 0 Å². The van der Waals surface area contributed by atoms with Gasteiger partial charge >= 0.3 is 0 Å². The van der Waals surface area contributed by atoms with E-state index in [1.54, 1.807) is 11.3 Å². The maximum atomic E-state index is 6.09. The zero-order chi connectivity index (χ0) is 13.0. The molecule has 0 bridgehead atoms. The summed E-state index contributed by atoms with van der Waals surface area (Å²) in [5.74, 6) is 0. The lowest BCUT2D eigenvalue weighted by Crippen LogP contribution is -1.93. The normalized spacial score (nSPS) is 11.6. The molecule has 0 saturated carbocycles. The Bertz CT molecular complexity index is 938. The van der Waals surface area contributed by atoms with Crippen molar-refractivity contribution in [2.24, 2.45) is 0 Å². The summed E-state index contributed by atoms with van der Waals surface area (Å²) >= 11 is 1.71. The van der Waals surface area contributed by atoms with E-state index in [0.29, 0.717) is 11.4 Å². The Kier molecular flexibility index (Phi) is 2.03. The molecule has 92 valence electrons. The third-order valence-corrected chi connectivity index (χ3v) is 4.78. The number of anilines is 2. The zero-order valence-electron chi connectivity index (χ0n) is 10.2. The molecule has 0 aliphatic carbocycles. The Morgan fingerprint density at radius 1 is 0.789 bits per heavy atom. The van der Waals surface area contributed by atoms with Gasteiger partial charge in [0.2, 0.25) is 0 Å². The van der Waals surface area contributed by atoms with Gasteiger partial charge in [0.25, 0.3) is 0 Å². The summed E-state index contributed by atoms with van der Waals surface area (Å²) in [5, 5.41) is 4.96. The van der Waals surface area contributed by atoms with Crippen molar-refractivity contribution in [3.63, 3.8) is 0 Å². The predicted octanol–water partition coefficient (Wildman–Crippen LogP) is 4.37. The quantitative estimate of drug-likeness (QED) is 0.463. The summed E-state index contributed by atoms with van der Waals surface area (Å²) in [7, 11) is 0. The van der Waals surface area contributed by atoms with Crippen molar-refractivity contribution in [3.05, 3.63) is 48.5 Å². The van der Waals surface area contributed by atoms with E-state index < -0.39 is 0 Å². The first-order valence-electron chi connectivity index (χ1n) is 6.13. The standard InChI is InChI=1S/C16H12N2S/c17-13-6-5-11-12-7-9-3-1-2-4-10(9)8-14(12)19-16(11)15(13)18/h1-8H,17-18H2. The fourth-order valence-electron chi connectivity index (χ4n) is 2.56. The van der Waals surface area contributed by atoms with Crippen molar-refractivity contribution in [1.82, 2.24) is 0 Å². The number of nitrogens with two attached hydrogens (primary N) is 2. The Hall–Kier alpha value is -2.26.